The molecule has 1 aromatic rings. The number of thioether (sulfide) groups is 1. The molecule has 114 valence electrons. The minimum Gasteiger partial charge on any atom is -0.481 e. The first-order valence-corrected chi connectivity index (χ1v) is 7.68. The summed E-state index contributed by atoms with van der Waals surface area (Å²) in [6.45, 7) is 0.344. The van der Waals surface area contributed by atoms with E-state index < -0.39 is 29.6 Å². The number of hydrogen-bond acceptors (Lipinski definition) is 3. The largest absolute Gasteiger partial charge is 0.481 e. The fourth-order valence-electron chi connectivity index (χ4n) is 2.13. The van der Waals surface area contributed by atoms with Gasteiger partial charge in [-0.2, -0.15) is 11.8 Å². The van der Waals surface area contributed by atoms with E-state index in [1.807, 2.05) is 0 Å². The molecule has 1 aliphatic rings. The molecule has 1 aliphatic heterocycles. The van der Waals surface area contributed by atoms with E-state index in [4.69, 9.17) is 16.7 Å². The molecule has 1 N–H and O–H groups in total. The smallest absolute Gasteiger partial charge is 0.305 e. The highest BCUT2D eigenvalue weighted by molar-refractivity contribution is 7.99. The summed E-state index contributed by atoms with van der Waals surface area (Å²) in [7, 11) is 0. The number of rotatable bonds is 3. The average molecular weight is 336 g/mol. The fourth-order valence-corrected chi connectivity index (χ4v) is 3.43. The first-order chi connectivity index (χ1) is 9.90. The molecule has 0 spiro atoms. The molecule has 1 saturated heterocycles. The van der Waals surface area contributed by atoms with Crippen molar-refractivity contribution in [1.82, 2.24) is 4.90 Å². The zero-order valence-corrected chi connectivity index (χ0v) is 12.4. The third-order valence-corrected chi connectivity index (χ3v) is 4.54. The van der Waals surface area contributed by atoms with Crippen LogP contribution in [0.1, 0.15) is 16.8 Å². The molecule has 1 fully saturated rings. The predicted octanol–water partition coefficient (Wildman–Crippen LogP) is 2.65. The Morgan fingerprint density at radius 3 is 2.71 bits per heavy atom. The van der Waals surface area contributed by atoms with Gasteiger partial charge in [-0.3, -0.25) is 9.59 Å². The van der Waals surface area contributed by atoms with Gasteiger partial charge in [-0.15, -0.1) is 0 Å². The molecule has 2 rings (SSSR count). The summed E-state index contributed by atoms with van der Waals surface area (Å²) in [5, 5.41) is 8.70. The van der Waals surface area contributed by atoms with Gasteiger partial charge in [-0.05, 0) is 12.1 Å². The summed E-state index contributed by atoms with van der Waals surface area (Å²) in [6, 6.07) is 1.01. The maximum atomic E-state index is 13.3. The standard InChI is InChI=1S/C13H12ClF2NO3S/c14-9-5-11(16)10(15)4-8(9)13(20)17-1-2-21-6-7(17)3-12(18)19/h4-5,7H,1-3,6H2,(H,18,19). The van der Waals surface area contributed by atoms with Crippen molar-refractivity contribution in [3.05, 3.63) is 34.4 Å². The molecule has 1 atom stereocenters. The third-order valence-electron chi connectivity index (χ3n) is 3.14. The van der Waals surface area contributed by atoms with Gasteiger partial charge in [0.25, 0.3) is 5.91 Å². The molecule has 0 saturated carbocycles. The zero-order valence-electron chi connectivity index (χ0n) is 10.8. The molecule has 0 radical (unpaired) electrons. The third kappa shape index (κ3) is 3.65. The normalized spacial score (nSPS) is 18.6. The van der Waals surface area contributed by atoms with Gasteiger partial charge in [-0.1, -0.05) is 11.6 Å². The Morgan fingerprint density at radius 2 is 2.05 bits per heavy atom. The Balaban J connectivity index is 2.28. The Hall–Kier alpha value is -1.34. The first-order valence-electron chi connectivity index (χ1n) is 6.15. The number of nitrogens with zero attached hydrogens (tertiary/aromatic N) is 1. The molecular weight excluding hydrogens is 324 g/mol. The highest BCUT2D eigenvalue weighted by Gasteiger charge is 2.31. The van der Waals surface area contributed by atoms with Crippen LogP contribution in [0, 0.1) is 11.6 Å². The van der Waals surface area contributed by atoms with Crippen molar-refractivity contribution in [2.45, 2.75) is 12.5 Å². The molecule has 1 amide bonds. The van der Waals surface area contributed by atoms with Crippen LogP contribution < -0.4 is 0 Å². The molecule has 21 heavy (non-hydrogen) atoms. The van der Waals surface area contributed by atoms with E-state index in [1.54, 1.807) is 11.8 Å². The fraction of sp³-hybridized carbons (Fsp3) is 0.385. The monoisotopic (exact) mass is 335 g/mol. The molecular formula is C13H12ClF2NO3S. The lowest BCUT2D eigenvalue weighted by atomic mass is 10.1. The quantitative estimate of drug-likeness (QED) is 0.863. The minimum absolute atomic E-state index is 0.155. The number of hydrogen-bond donors (Lipinski definition) is 1. The van der Waals surface area contributed by atoms with Crippen molar-refractivity contribution in [1.29, 1.82) is 0 Å². The molecule has 1 heterocycles. The van der Waals surface area contributed by atoms with E-state index in [9.17, 15) is 18.4 Å². The number of carboxylic acids is 1. The van der Waals surface area contributed by atoms with Crippen molar-refractivity contribution >= 4 is 35.2 Å². The Morgan fingerprint density at radius 1 is 1.38 bits per heavy atom. The van der Waals surface area contributed by atoms with Crippen molar-refractivity contribution in [2.75, 3.05) is 18.1 Å². The molecule has 0 bridgehead atoms. The number of carbonyl (C=O) groups is 2. The van der Waals surface area contributed by atoms with E-state index in [-0.39, 0.29) is 17.0 Å². The van der Waals surface area contributed by atoms with E-state index >= 15 is 0 Å². The van der Waals surface area contributed by atoms with E-state index in [1.165, 1.54) is 4.90 Å². The van der Waals surface area contributed by atoms with Crippen LogP contribution in [-0.2, 0) is 4.79 Å². The molecule has 0 aromatic heterocycles. The summed E-state index contributed by atoms with van der Waals surface area (Å²) in [5.74, 6) is -2.75. The van der Waals surface area contributed by atoms with Crippen LogP contribution in [0.2, 0.25) is 5.02 Å². The topological polar surface area (TPSA) is 57.6 Å². The number of amides is 1. The van der Waals surface area contributed by atoms with Crippen LogP contribution in [-0.4, -0.2) is 46.0 Å². The van der Waals surface area contributed by atoms with Gasteiger partial charge in [0.2, 0.25) is 0 Å². The van der Waals surface area contributed by atoms with Gasteiger partial charge < -0.3 is 10.0 Å². The molecule has 1 aromatic carbocycles. The Kier molecular flexibility index (Phi) is 5.05. The SMILES string of the molecule is O=C(O)CC1CSCCN1C(=O)c1cc(F)c(F)cc1Cl. The number of carboxylic acid groups (broad SMARTS) is 1. The van der Waals surface area contributed by atoms with Crippen molar-refractivity contribution < 1.29 is 23.5 Å². The van der Waals surface area contributed by atoms with Gasteiger partial charge in [-0.25, -0.2) is 8.78 Å². The second kappa shape index (κ2) is 6.62. The van der Waals surface area contributed by atoms with E-state index in [2.05, 4.69) is 0 Å². The lowest BCUT2D eigenvalue weighted by Gasteiger charge is -2.34. The second-order valence-corrected chi connectivity index (χ2v) is 6.13. The Labute approximate surface area is 129 Å². The molecule has 0 aliphatic carbocycles. The summed E-state index contributed by atoms with van der Waals surface area (Å²) < 4.78 is 26.3. The number of benzene rings is 1. The maximum Gasteiger partial charge on any atom is 0.305 e. The highest BCUT2D eigenvalue weighted by Crippen LogP contribution is 2.26. The lowest BCUT2D eigenvalue weighted by Crippen LogP contribution is -2.47. The number of aliphatic carboxylic acids is 1. The van der Waals surface area contributed by atoms with Crippen LogP contribution in [0.25, 0.3) is 0 Å². The predicted molar refractivity (Wildman–Crippen MR) is 75.8 cm³/mol. The molecule has 1 unspecified atom stereocenters. The zero-order chi connectivity index (χ0) is 15.6. The number of carbonyl (C=O) groups excluding carboxylic acids is 1. The highest BCUT2D eigenvalue weighted by atomic mass is 35.5. The molecule has 4 nitrogen and oxygen atoms in total. The van der Waals surface area contributed by atoms with E-state index in [0.29, 0.717) is 18.1 Å². The lowest BCUT2D eigenvalue weighted by molar-refractivity contribution is -0.138. The average Bonchev–Trinajstić information content (AvgIpc) is 2.42. The molecule has 8 heteroatoms. The minimum atomic E-state index is -1.16. The Bertz CT molecular complexity index is 585. The van der Waals surface area contributed by atoms with Gasteiger partial charge >= 0.3 is 5.97 Å². The summed E-state index contributed by atoms with van der Waals surface area (Å²) in [4.78, 5) is 24.6. The van der Waals surface area contributed by atoms with Gasteiger partial charge in [0.1, 0.15) is 0 Å². The van der Waals surface area contributed by atoms with Crippen molar-refractivity contribution in [3.8, 4) is 0 Å². The summed E-state index contributed by atoms with van der Waals surface area (Å²) in [5.41, 5.74) is -0.155. The van der Waals surface area contributed by atoms with Gasteiger partial charge in [0, 0.05) is 18.1 Å². The summed E-state index contributed by atoms with van der Waals surface area (Å²) >= 11 is 7.34. The van der Waals surface area contributed by atoms with Crippen LogP contribution in [0.3, 0.4) is 0 Å². The first kappa shape index (κ1) is 16.0. The van der Waals surface area contributed by atoms with Crippen LogP contribution in [0.4, 0.5) is 8.78 Å². The van der Waals surface area contributed by atoms with Crippen LogP contribution in [0.5, 0.6) is 0 Å². The van der Waals surface area contributed by atoms with Gasteiger partial charge in [0.15, 0.2) is 11.6 Å². The summed E-state index contributed by atoms with van der Waals surface area (Å²) in [6.07, 6.45) is -0.194. The number of halogens is 3. The van der Waals surface area contributed by atoms with Crippen molar-refractivity contribution in [3.63, 3.8) is 0 Å². The van der Waals surface area contributed by atoms with E-state index in [0.717, 1.165) is 12.1 Å². The maximum absolute atomic E-state index is 13.3. The second-order valence-electron chi connectivity index (χ2n) is 4.57. The van der Waals surface area contributed by atoms with Crippen molar-refractivity contribution in [2.24, 2.45) is 0 Å². The van der Waals surface area contributed by atoms with Gasteiger partial charge in [0.05, 0.1) is 23.0 Å². The van der Waals surface area contributed by atoms with Crippen LogP contribution >= 0.6 is 23.4 Å². The van der Waals surface area contributed by atoms with Crippen LogP contribution in [0.15, 0.2) is 12.1 Å².